The molecule has 6 rings (SSSR count). The number of Topliss-reactive ketones (excluding diaryl/α,β-unsaturated/α-hetero) is 1. The number of carbonyl (C=O) groups is 5. The van der Waals surface area contributed by atoms with Gasteiger partial charge in [0.1, 0.15) is 18.8 Å². The number of imide groups is 1. The fourth-order valence-corrected chi connectivity index (χ4v) is 8.16. The van der Waals surface area contributed by atoms with Gasteiger partial charge in [0.2, 0.25) is 11.6 Å². The van der Waals surface area contributed by atoms with E-state index in [0.29, 0.717) is 24.3 Å². The predicted molar refractivity (Wildman–Crippen MR) is 204 cm³/mol. The molecule has 0 spiro atoms. The molecule has 3 amide bonds. The zero-order valence-electron chi connectivity index (χ0n) is 31.5. The number of carbonyl (C=O) groups excluding carboxylic acids is 5. The maximum Gasteiger partial charge on any atom is 0.333 e. The molecule has 0 aromatic heterocycles. The van der Waals surface area contributed by atoms with Gasteiger partial charge in [-0.3, -0.25) is 23.7 Å². The van der Waals surface area contributed by atoms with Crippen molar-refractivity contribution in [2.75, 3.05) is 24.7 Å². The summed E-state index contributed by atoms with van der Waals surface area (Å²) in [5.74, 6) is -3.82. The number of anilines is 1. The monoisotopic (exact) mass is 772 g/mol. The van der Waals surface area contributed by atoms with Crippen LogP contribution in [0, 0.1) is 0 Å². The van der Waals surface area contributed by atoms with Gasteiger partial charge in [0.15, 0.2) is 11.5 Å². The zero-order chi connectivity index (χ0) is 39.9. The molecule has 2 aromatic rings. The van der Waals surface area contributed by atoms with Crippen LogP contribution in [0.15, 0.2) is 83.2 Å². The van der Waals surface area contributed by atoms with Crippen molar-refractivity contribution in [3.05, 3.63) is 94.4 Å². The quantitative estimate of drug-likeness (QED) is 0.0717. The number of nitrogens with zero attached hydrogens (tertiary/aromatic N) is 2. The minimum atomic E-state index is -4.67. The van der Waals surface area contributed by atoms with Crippen LogP contribution < -0.4 is 16.0 Å². The summed E-state index contributed by atoms with van der Waals surface area (Å²) < 4.78 is 36.4. The third-order valence-electron chi connectivity index (χ3n) is 10.6. The highest BCUT2D eigenvalue weighted by Crippen LogP contribution is 2.45. The molecular weight excluding hydrogens is 727 g/mol. The van der Waals surface area contributed by atoms with Crippen LogP contribution in [0.1, 0.15) is 77.3 Å². The summed E-state index contributed by atoms with van der Waals surface area (Å²) in [4.78, 5) is 68.0. The third kappa shape index (κ3) is 7.89. The summed E-state index contributed by atoms with van der Waals surface area (Å²) in [6.07, 6.45) is 4.67. The van der Waals surface area contributed by atoms with E-state index in [1.54, 1.807) is 12.2 Å². The molecule has 1 saturated heterocycles. The highest BCUT2D eigenvalue weighted by molar-refractivity contribution is 7.85. The number of allylic oxidation sites excluding steroid dienone is 5. The summed E-state index contributed by atoms with van der Waals surface area (Å²) in [7, 11) is -2.76. The van der Waals surface area contributed by atoms with Gasteiger partial charge in [-0.05, 0) is 44.4 Å². The Labute approximate surface area is 320 Å². The van der Waals surface area contributed by atoms with E-state index >= 15 is 0 Å². The molecule has 0 radical (unpaired) electrons. The number of hydroxylamine groups is 2. The van der Waals surface area contributed by atoms with Gasteiger partial charge >= 0.3 is 5.97 Å². The second-order valence-electron chi connectivity index (χ2n) is 15.2. The van der Waals surface area contributed by atoms with Crippen molar-refractivity contribution >= 4 is 56.7 Å². The number of hydrogen-bond acceptors (Lipinski definition) is 10. The number of amides is 3. The van der Waals surface area contributed by atoms with Gasteiger partial charge < -0.3 is 20.8 Å². The molecule has 1 unspecified atom stereocenters. The maximum absolute atomic E-state index is 14.1. The Hall–Kier alpha value is -5.41. The van der Waals surface area contributed by atoms with E-state index in [1.165, 1.54) is 0 Å². The Morgan fingerprint density at radius 1 is 0.945 bits per heavy atom. The minimum Gasteiger partial charge on any atom is -0.372 e. The van der Waals surface area contributed by atoms with Crippen molar-refractivity contribution in [3.8, 4) is 0 Å². The van der Waals surface area contributed by atoms with E-state index in [0.717, 1.165) is 33.9 Å². The molecule has 1 fully saturated rings. The van der Waals surface area contributed by atoms with Gasteiger partial charge in [-0.25, -0.2) is 4.79 Å². The van der Waals surface area contributed by atoms with E-state index in [9.17, 15) is 36.9 Å². The number of fused-ring (bicyclic) bond motifs is 2. The first-order valence-electron chi connectivity index (χ1n) is 18.3. The number of nitrogens with one attached hydrogen (secondary N) is 3. The lowest BCUT2D eigenvalue weighted by Crippen LogP contribution is -2.50. The van der Waals surface area contributed by atoms with E-state index in [1.807, 2.05) is 74.0 Å². The highest BCUT2D eigenvalue weighted by atomic mass is 32.2. The van der Waals surface area contributed by atoms with Crippen LogP contribution in [0.3, 0.4) is 0 Å². The van der Waals surface area contributed by atoms with Crippen molar-refractivity contribution in [1.29, 1.82) is 0 Å². The fourth-order valence-electron chi connectivity index (χ4n) is 7.50. The van der Waals surface area contributed by atoms with Crippen LogP contribution in [0.25, 0.3) is 0 Å². The van der Waals surface area contributed by atoms with E-state index < -0.39 is 56.4 Å². The molecule has 15 heteroatoms. The van der Waals surface area contributed by atoms with Gasteiger partial charge in [-0.15, -0.1) is 5.06 Å². The van der Waals surface area contributed by atoms with Crippen LogP contribution in [-0.4, -0.2) is 83.2 Å². The van der Waals surface area contributed by atoms with Crippen LogP contribution in [0.2, 0.25) is 0 Å². The number of ketones is 1. The minimum absolute atomic E-state index is 0.00252. The van der Waals surface area contributed by atoms with Crippen molar-refractivity contribution in [2.45, 2.75) is 83.1 Å². The Morgan fingerprint density at radius 3 is 2.25 bits per heavy atom. The zero-order valence-corrected chi connectivity index (χ0v) is 32.3. The Balaban J connectivity index is 1.23. The first-order valence-corrected chi connectivity index (χ1v) is 19.9. The molecule has 3 heterocycles. The van der Waals surface area contributed by atoms with Crippen molar-refractivity contribution in [2.24, 2.45) is 0 Å². The highest BCUT2D eigenvalue weighted by Gasteiger charge is 2.46. The van der Waals surface area contributed by atoms with Gasteiger partial charge in [-0.2, -0.15) is 13.0 Å². The Bertz CT molecular complexity index is 2220. The van der Waals surface area contributed by atoms with Gasteiger partial charge in [0, 0.05) is 65.9 Å². The van der Waals surface area contributed by atoms with Crippen molar-refractivity contribution in [3.63, 3.8) is 0 Å². The SMILES string of the molecule is C[N+]1=C(/C=C2\C(=O)C(/C=C3/Nc4ccccc4C3(C)C)=C2NC(CS(=O)(=O)O)C(=O)NCCCCCC(=O)ON2C(=O)CCC2=O)C(C)(C)c2ccccc21. The first kappa shape index (κ1) is 39.3. The summed E-state index contributed by atoms with van der Waals surface area (Å²) in [6.45, 7) is 8.28. The predicted octanol–water partition coefficient (Wildman–Crippen LogP) is 3.87. The third-order valence-corrected chi connectivity index (χ3v) is 11.4. The normalized spacial score (nSPS) is 20.4. The topological polar surface area (TPSA) is 191 Å². The van der Waals surface area contributed by atoms with Crippen LogP contribution >= 0.6 is 0 Å². The number of rotatable bonds is 14. The largest absolute Gasteiger partial charge is 0.372 e. The number of unbranched alkanes of at least 4 members (excludes halogenated alkanes) is 2. The second-order valence-corrected chi connectivity index (χ2v) is 16.7. The average molecular weight is 773 g/mol. The number of benzene rings is 2. The van der Waals surface area contributed by atoms with Gasteiger partial charge in [0.25, 0.3) is 21.9 Å². The smallest absolute Gasteiger partial charge is 0.333 e. The molecule has 0 saturated carbocycles. The lowest BCUT2D eigenvalue weighted by molar-refractivity contribution is -0.401. The lowest BCUT2D eigenvalue weighted by Gasteiger charge is -2.30. The van der Waals surface area contributed by atoms with Gasteiger partial charge in [0.05, 0.1) is 16.7 Å². The summed E-state index contributed by atoms with van der Waals surface area (Å²) in [6, 6.07) is 14.3. The van der Waals surface area contributed by atoms with Crippen LogP contribution in [0.5, 0.6) is 0 Å². The molecule has 14 nitrogen and oxygen atoms in total. The summed E-state index contributed by atoms with van der Waals surface area (Å²) in [5, 5.41) is 9.63. The molecule has 1 aliphatic carbocycles. The second kappa shape index (κ2) is 15.0. The van der Waals surface area contributed by atoms with Crippen molar-refractivity contribution < 1.29 is 46.4 Å². The molecule has 4 aliphatic rings. The van der Waals surface area contributed by atoms with Crippen molar-refractivity contribution in [1.82, 2.24) is 15.7 Å². The lowest BCUT2D eigenvalue weighted by atomic mass is 9.77. The number of para-hydroxylation sites is 2. The molecule has 3 aliphatic heterocycles. The van der Waals surface area contributed by atoms with E-state index in [-0.39, 0.29) is 48.4 Å². The molecule has 2 aromatic carbocycles. The maximum atomic E-state index is 14.1. The first-order chi connectivity index (χ1) is 25.9. The molecule has 290 valence electrons. The summed E-state index contributed by atoms with van der Waals surface area (Å²) in [5.41, 5.74) is 5.38. The Morgan fingerprint density at radius 2 is 1.60 bits per heavy atom. The molecule has 1 atom stereocenters. The fraction of sp³-hybridized carbons (Fsp3) is 0.400. The Kier molecular flexibility index (Phi) is 10.7. The van der Waals surface area contributed by atoms with Crippen LogP contribution in [0.4, 0.5) is 11.4 Å². The number of hydrogen-bond donors (Lipinski definition) is 4. The summed E-state index contributed by atoms with van der Waals surface area (Å²) >= 11 is 0. The van der Waals surface area contributed by atoms with Gasteiger partial charge in [-0.1, -0.05) is 56.7 Å². The molecule has 4 N–H and O–H groups in total. The average Bonchev–Trinajstić information content (AvgIpc) is 3.65. The van der Waals surface area contributed by atoms with E-state index in [2.05, 4.69) is 29.8 Å². The molecular formula is C40H46N5O9S+. The molecule has 0 bridgehead atoms. The molecule has 55 heavy (non-hydrogen) atoms. The standard InChI is InChI=1S/C40H45N5O9S/c1-39(2)26-13-8-10-15-28(26)42-31(39)21-24-36(25(37(24)49)22-32-40(3,4)27-14-9-11-16-30(27)44(32)5)43-29(23-55(51,52)53)38(50)41-20-12-6-7-17-35(48)54-45-33(46)18-19-34(45)47/h8-11,13-16,21-22,29H,6-7,12,17-20,23H2,1-5H3,(H3,41,43,49,50,51,52,53)/p+1. The van der Waals surface area contributed by atoms with E-state index in [4.69, 9.17) is 4.84 Å². The van der Waals surface area contributed by atoms with Crippen LogP contribution in [-0.2, 0) is 49.8 Å².